The molecule has 1 amide bonds. The number of hydrogen-bond donors (Lipinski definition) is 1. The third-order valence-corrected chi connectivity index (χ3v) is 4.68. The smallest absolute Gasteiger partial charge is 0.225 e. The summed E-state index contributed by atoms with van der Waals surface area (Å²) in [6, 6.07) is 15.5. The topological polar surface area (TPSA) is 29.1 Å². The van der Waals surface area contributed by atoms with Crippen molar-refractivity contribution in [3.8, 4) is 0 Å². The SMILES string of the molecule is O=C(Cc1c(Cl)cccc1Cl)NC(c1ccccc1)C1CC1. The molecule has 22 heavy (non-hydrogen) atoms. The molecule has 3 rings (SSSR count). The minimum absolute atomic E-state index is 0.0456. The van der Waals surface area contributed by atoms with Gasteiger partial charge in [-0.25, -0.2) is 0 Å². The molecule has 0 aliphatic heterocycles. The third-order valence-electron chi connectivity index (χ3n) is 3.97. The summed E-state index contributed by atoms with van der Waals surface area (Å²) in [4.78, 5) is 12.4. The molecule has 1 saturated carbocycles. The van der Waals surface area contributed by atoms with Gasteiger partial charge in [0, 0.05) is 10.0 Å². The van der Waals surface area contributed by atoms with Crippen molar-refractivity contribution in [1.29, 1.82) is 0 Å². The highest BCUT2D eigenvalue weighted by atomic mass is 35.5. The molecule has 0 aromatic heterocycles. The number of rotatable bonds is 5. The van der Waals surface area contributed by atoms with E-state index in [1.165, 1.54) is 0 Å². The van der Waals surface area contributed by atoms with Crippen LogP contribution in [0.25, 0.3) is 0 Å². The van der Waals surface area contributed by atoms with E-state index in [1.807, 2.05) is 18.2 Å². The summed E-state index contributed by atoms with van der Waals surface area (Å²) in [6.07, 6.45) is 2.52. The van der Waals surface area contributed by atoms with Gasteiger partial charge < -0.3 is 5.32 Å². The molecule has 1 aliphatic rings. The molecule has 1 aliphatic carbocycles. The Balaban J connectivity index is 1.72. The minimum atomic E-state index is -0.0456. The van der Waals surface area contributed by atoms with Gasteiger partial charge in [0.1, 0.15) is 0 Å². The Morgan fingerprint density at radius 1 is 1.05 bits per heavy atom. The lowest BCUT2D eigenvalue weighted by molar-refractivity contribution is -0.121. The summed E-state index contributed by atoms with van der Waals surface area (Å²) in [5.41, 5.74) is 1.84. The molecule has 1 atom stereocenters. The second-order valence-electron chi connectivity index (χ2n) is 5.67. The van der Waals surface area contributed by atoms with Crippen LogP contribution in [-0.4, -0.2) is 5.91 Å². The zero-order valence-corrected chi connectivity index (χ0v) is 13.6. The van der Waals surface area contributed by atoms with Crippen LogP contribution in [0.3, 0.4) is 0 Å². The number of nitrogens with one attached hydrogen (secondary N) is 1. The minimum Gasteiger partial charge on any atom is -0.349 e. The van der Waals surface area contributed by atoms with E-state index >= 15 is 0 Å². The maximum absolute atomic E-state index is 12.4. The van der Waals surface area contributed by atoms with Crippen molar-refractivity contribution < 1.29 is 4.79 Å². The highest BCUT2D eigenvalue weighted by Crippen LogP contribution is 2.41. The Kier molecular flexibility index (Phi) is 4.70. The molecule has 1 N–H and O–H groups in total. The fourth-order valence-electron chi connectivity index (χ4n) is 2.65. The summed E-state index contributed by atoms with van der Waals surface area (Å²) in [6.45, 7) is 0. The number of benzene rings is 2. The molecular formula is C18H17Cl2NO. The van der Waals surface area contributed by atoms with E-state index in [0.29, 0.717) is 21.5 Å². The predicted molar refractivity (Wildman–Crippen MR) is 90.2 cm³/mol. The zero-order chi connectivity index (χ0) is 15.5. The van der Waals surface area contributed by atoms with Gasteiger partial charge in [0.15, 0.2) is 0 Å². The van der Waals surface area contributed by atoms with E-state index < -0.39 is 0 Å². The molecule has 4 heteroatoms. The third kappa shape index (κ3) is 3.63. The first-order valence-electron chi connectivity index (χ1n) is 7.42. The standard InChI is InChI=1S/C18H17Cl2NO/c19-15-7-4-8-16(20)14(15)11-17(22)21-18(13-9-10-13)12-5-2-1-3-6-12/h1-8,13,18H,9-11H2,(H,21,22). The Hall–Kier alpha value is -1.51. The van der Waals surface area contributed by atoms with Crippen LogP contribution < -0.4 is 5.32 Å². The van der Waals surface area contributed by atoms with Gasteiger partial charge >= 0.3 is 0 Å². The quantitative estimate of drug-likeness (QED) is 0.836. The van der Waals surface area contributed by atoms with Crippen molar-refractivity contribution in [3.63, 3.8) is 0 Å². The normalized spacial score (nSPS) is 15.4. The molecule has 114 valence electrons. The predicted octanol–water partition coefficient (Wildman–Crippen LogP) is 4.80. The molecule has 2 aromatic rings. The largest absolute Gasteiger partial charge is 0.349 e. The maximum Gasteiger partial charge on any atom is 0.225 e. The van der Waals surface area contributed by atoms with Crippen molar-refractivity contribution in [1.82, 2.24) is 5.32 Å². The first-order valence-corrected chi connectivity index (χ1v) is 8.18. The van der Waals surface area contributed by atoms with Crippen LogP contribution in [0, 0.1) is 5.92 Å². The number of carbonyl (C=O) groups excluding carboxylic acids is 1. The van der Waals surface area contributed by atoms with E-state index in [0.717, 1.165) is 18.4 Å². The number of hydrogen-bond acceptors (Lipinski definition) is 1. The number of halogens is 2. The average molecular weight is 334 g/mol. The van der Waals surface area contributed by atoms with Gasteiger partial charge in [-0.1, -0.05) is 59.6 Å². The van der Waals surface area contributed by atoms with Crippen molar-refractivity contribution in [2.75, 3.05) is 0 Å². The summed E-state index contributed by atoms with van der Waals surface area (Å²) in [7, 11) is 0. The Morgan fingerprint density at radius 2 is 1.68 bits per heavy atom. The summed E-state index contributed by atoms with van der Waals surface area (Å²) in [5, 5.41) is 4.21. The summed E-state index contributed by atoms with van der Waals surface area (Å²) in [5.74, 6) is 0.490. The highest BCUT2D eigenvalue weighted by Gasteiger charge is 2.33. The van der Waals surface area contributed by atoms with E-state index in [4.69, 9.17) is 23.2 Å². The fraction of sp³-hybridized carbons (Fsp3) is 0.278. The van der Waals surface area contributed by atoms with Crippen molar-refractivity contribution in [3.05, 3.63) is 69.7 Å². The van der Waals surface area contributed by atoms with Crippen LogP contribution in [0.2, 0.25) is 10.0 Å². The van der Waals surface area contributed by atoms with Gasteiger partial charge in [-0.2, -0.15) is 0 Å². The summed E-state index contributed by atoms with van der Waals surface area (Å²) >= 11 is 12.3. The molecule has 1 unspecified atom stereocenters. The number of amides is 1. The molecular weight excluding hydrogens is 317 g/mol. The van der Waals surface area contributed by atoms with Crippen LogP contribution in [0.5, 0.6) is 0 Å². The Bertz CT molecular complexity index is 648. The average Bonchev–Trinajstić information content (AvgIpc) is 3.34. The van der Waals surface area contributed by atoms with Gasteiger partial charge in [0.25, 0.3) is 0 Å². The van der Waals surface area contributed by atoms with Gasteiger partial charge in [-0.3, -0.25) is 4.79 Å². The van der Waals surface area contributed by atoms with Crippen LogP contribution in [0.1, 0.15) is 30.0 Å². The summed E-state index contributed by atoms with van der Waals surface area (Å²) < 4.78 is 0. The van der Waals surface area contributed by atoms with Crippen LogP contribution in [0.4, 0.5) is 0 Å². The molecule has 2 nitrogen and oxygen atoms in total. The van der Waals surface area contributed by atoms with Crippen LogP contribution >= 0.6 is 23.2 Å². The maximum atomic E-state index is 12.4. The monoisotopic (exact) mass is 333 g/mol. The van der Waals surface area contributed by atoms with E-state index in [9.17, 15) is 4.79 Å². The Labute approximate surface area is 140 Å². The van der Waals surface area contributed by atoms with Gasteiger partial charge in [-0.05, 0) is 42.0 Å². The van der Waals surface area contributed by atoms with Crippen molar-refractivity contribution in [2.24, 2.45) is 5.92 Å². The molecule has 0 saturated heterocycles. The first kappa shape index (κ1) is 15.4. The number of carbonyl (C=O) groups is 1. The first-order chi connectivity index (χ1) is 10.6. The van der Waals surface area contributed by atoms with Crippen LogP contribution in [-0.2, 0) is 11.2 Å². The van der Waals surface area contributed by atoms with Gasteiger partial charge in [0.05, 0.1) is 12.5 Å². The van der Waals surface area contributed by atoms with E-state index in [1.54, 1.807) is 18.2 Å². The Morgan fingerprint density at radius 3 is 2.27 bits per heavy atom. The van der Waals surface area contributed by atoms with Crippen molar-refractivity contribution in [2.45, 2.75) is 25.3 Å². The molecule has 1 fully saturated rings. The fourth-order valence-corrected chi connectivity index (χ4v) is 3.18. The second kappa shape index (κ2) is 6.72. The van der Waals surface area contributed by atoms with E-state index in [-0.39, 0.29) is 18.4 Å². The lowest BCUT2D eigenvalue weighted by Gasteiger charge is -2.19. The molecule has 2 aromatic carbocycles. The van der Waals surface area contributed by atoms with Crippen molar-refractivity contribution >= 4 is 29.1 Å². The lowest BCUT2D eigenvalue weighted by Crippen LogP contribution is -2.31. The molecule has 0 radical (unpaired) electrons. The highest BCUT2D eigenvalue weighted by molar-refractivity contribution is 6.36. The molecule has 0 spiro atoms. The van der Waals surface area contributed by atoms with Crippen LogP contribution in [0.15, 0.2) is 48.5 Å². The van der Waals surface area contributed by atoms with Gasteiger partial charge in [-0.15, -0.1) is 0 Å². The van der Waals surface area contributed by atoms with E-state index in [2.05, 4.69) is 17.4 Å². The lowest BCUT2D eigenvalue weighted by atomic mass is 10.0. The molecule has 0 bridgehead atoms. The zero-order valence-electron chi connectivity index (χ0n) is 12.1. The van der Waals surface area contributed by atoms with Gasteiger partial charge in [0.2, 0.25) is 5.91 Å². The molecule has 0 heterocycles. The second-order valence-corrected chi connectivity index (χ2v) is 6.48.